The number of methoxy groups -OCH3 is 1. The van der Waals surface area contributed by atoms with Crippen molar-refractivity contribution in [3.63, 3.8) is 0 Å². The number of oxazole rings is 1. The van der Waals surface area contributed by atoms with E-state index in [-0.39, 0.29) is 6.42 Å². The molecule has 2 aromatic heterocycles. The monoisotopic (exact) mass is 388 g/mol. The molecule has 1 N–H and O–H groups in total. The third-order valence-electron chi connectivity index (χ3n) is 4.24. The van der Waals surface area contributed by atoms with Crippen LogP contribution in [0.5, 0.6) is 5.75 Å². The number of aliphatic carboxylic acids is 1. The third-order valence-corrected chi connectivity index (χ3v) is 4.48. The van der Waals surface area contributed by atoms with Crippen molar-refractivity contribution >= 4 is 17.6 Å². The average molecular weight is 389 g/mol. The Bertz CT molecular complexity index is 1030. The van der Waals surface area contributed by atoms with Gasteiger partial charge in [0.1, 0.15) is 11.8 Å². The van der Waals surface area contributed by atoms with Crippen molar-refractivity contribution in [1.82, 2.24) is 9.55 Å². The fraction of sp³-hybridized carbons (Fsp3) is 0.211. The van der Waals surface area contributed by atoms with Gasteiger partial charge in [-0.05, 0) is 30.2 Å². The van der Waals surface area contributed by atoms with E-state index in [1.165, 1.54) is 25.8 Å². The Hall–Kier alpha value is -3.06. The number of rotatable bonds is 6. The van der Waals surface area contributed by atoms with Gasteiger partial charge in [-0.1, -0.05) is 18.5 Å². The highest BCUT2D eigenvalue weighted by Gasteiger charge is 2.22. The van der Waals surface area contributed by atoms with Crippen LogP contribution in [0.2, 0.25) is 5.02 Å². The minimum atomic E-state index is -1.08. The van der Waals surface area contributed by atoms with E-state index in [4.69, 9.17) is 20.8 Å². The Morgan fingerprint density at radius 3 is 2.70 bits per heavy atom. The molecule has 8 heteroatoms. The highest BCUT2D eigenvalue weighted by molar-refractivity contribution is 6.31. The van der Waals surface area contributed by atoms with Crippen LogP contribution in [0.25, 0.3) is 22.5 Å². The highest BCUT2D eigenvalue weighted by Crippen LogP contribution is 2.38. The Morgan fingerprint density at radius 2 is 2.11 bits per heavy atom. The fourth-order valence-corrected chi connectivity index (χ4v) is 3.11. The third kappa shape index (κ3) is 3.59. The predicted molar refractivity (Wildman–Crippen MR) is 100 cm³/mol. The average Bonchev–Trinajstić information content (AvgIpc) is 3.17. The van der Waals surface area contributed by atoms with Crippen LogP contribution in [-0.2, 0) is 4.79 Å². The molecule has 0 spiro atoms. The van der Waals surface area contributed by atoms with Crippen molar-refractivity contribution < 1.29 is 19.1 Å². The Kier molecular flexibility index (Phi) is 5.32. The number of aromatic nitrogens is 2. The molecule has 3 rings (SSSR count). The molecule has 140 valence electrons. The molecule has 2 heterocycles. The summed E-state index contributed by atoms with van der Waals surface area (Å²) in [6.45, 7) is 1.70. The number of ether oxygens (including phenoxy) is 1. The van der Waals surface area contributed by atoms with Gasteiger partial charge in [0, 0.05) is 22.2 Å². The molecular weight excluding hydrogens is 372 g/mol. The van der Waals surface area contributed by atoms with E-state index in [1.807, 2.05) is 0 Å². The lowest BCUT2D eigenvalue weighted by atomic mass is 9.98. The van der Waals surface area contributed by atoms with E-state index in [2.05, 4.69) is 4.98 Å². The number of carboxylic acid groups (broad SMARTS) is 1. The lowest BCUT2D eigenvalue weighted by molar-refractivity contribution is -0.141. The largest absolute Gasteiger partial charge is 0.495 e. The van der Waals surface area contributed by atoms with E-state index >= 15 is 0 Å². The maximum atomic E-state index is 12.6. The number of hydrogen-bond donors (Lipinski definition) is 1. The number of hydrogen-bond acceptors (Lipinski definition) is 5. The minimum absolute atomic E-state index is 0.262. The van der Waals surface area contributed by atoms with Crippen molar-refractivity contribution in [2.75, 3.05) is 7.11 Å². The second kappa shape index (κ2) is 7.67. The summed E-state index contributed by atoms with van der Waals surface area (Å²) in [6, 6.07) is 5.52. The number of benzene rings is 1. The number of carboxylic acids is 1. The van der Waals surface area contributed by atoms with E-state index < -0.39 is 17.6 Å². The van der Waals surface area contributed by atoms with E-state index in [0.29, 0.717) is 33.2 Å². The molecule has 0 bridgehead atoms. The SMILES string of the molecule is CCC(C(=O)O)n1cc(OC)c(-c2cc(Cl)ccc2-c2cnco2)cc1=O. The maximum Gasteiger partial charge on any atom is 0.326 e. The smallest absolute Gasteiger partial charge is 0.326 e. The van der Waals surface area contributed by atoms with Crippen LogP contribution in [0.15, 0.2) is 52.3 Å². The lowest BCUT2D eigenvalue weighted by Gasteiger charge is -2.18. The van der Waals surface area contributed by atoms with Gasteiger partial charge >= 0.3 is 5.97 Å². The summed E-state index contributed by atoms with van der Waals surface area (Å²) in [6.07, 6.45) is 4.53. The predicted octanol–water partition coefficient (Wildman–Crippen LogP) is 3.87. The van der Waals surface area contributed by atoms with E-state index in [9.17, 15) is 14.7 Å². The summed E-state index contributed by atoms with van der Waals surface area (Å²) in [5.41, 5.74) is 1.32. The molecule has 27 heavy (non-hydrogen) atoms. The van der Waals surface area contributed by atoms with Crippen molar-refractivity contribution in [3.05, 3.63) is 58.4 Å². The molecule has 0 fully saturated rings. The van der Waals surface area contributed by atoms with Crippen LogP contribution in [0.3, 0.4) is 0 Å². The van der Waals surface area contributed by atoms with Gasteiger partial charge < -0.3 is 14.3 Å². The van der Waals surface area contributed by atoms with Gasteiger partial charge in [-0.15, -0.1) is 0 Å². The van der Waals surface area contributed by atoms with Crippen LogP contribution in [0.4, 0.5) is 0 Å². The molecule has 1 atom stereocenters. The zero-order valence-electron chi connectivity index (χ0n) is 14.7. The van der Waals surface area contributed by atoms with Crippen LogP contribution in [-0.4, -0.2) is 27.7 Å². The molecule has 7 nitrogen and oxygen atoms in total. The van der Waals surface area contributed by atoms with Crippen molar-refractivity contribution in [1.29, 1.82) is 0 Å². The molecule has 0 radical (unpaired) electrons. The summed E-state index contributed by atoms with van der Waals surface area (Å²) in [4.78, 5) is 28.0. The van der Waals surface area contributed by atoms with Gasteiger partial charge in [0.2, 0.25) is 0 Å². The number of halogens is 1. The van der Waals surface area contributed by atoms with Gasteiger partial charge in [-0.2, -0.15) is 0 Å². The first-order chi connectivity index (χ1) is 13.0. The van der Waals surface area contributed by atoms with Gasteiger partial charge in [-0.3, -0.25) is 9.36 Å². The van der Waals surface area contributed by atoms with Crippen molar-refractivity contribution in [3.8, 4) is 28.2 Å². The normalized spacial score (nSPS) is 12.0. The highest BCUT2D eigenvalue weighted by atomic mass is 35.5. The maximum absolute atomic E-state index is 12.6. The number of nitrogens with zero attached hydrogens (tertiary/aromatic N) is 2. The Morgan fingerprint density at radius 1 is 1.33 bits per heavy atom. The topological polar surface area (TPSA) is 94.6 Å². The second-order valence-electron chi connectivity index (χ2n) is 5.82. The number of carbonyl (C=O) groups is 1. The van der Waals surface area contributed by atoms with Gasteiger partial charge in [0.25, 0.3) is 5.56 Å². The van der Waals surface area contributed by atoms with Gasteiger partial charge in [0.05, 0.1) is 19.5 Å². The molecule has 0 saturated heterocycles. The second-order valence-corrected chi connectivity index (χ2v) is 6.26. The molecule has 3 aromatic rings. The fourth-order valence-electron chi connectivity index (χ4n) is 2.94. The summed E-state index contributed by atoms with van der Waals surface area (Å²) in [7, 11) is 1.45. The van der Waals surface area contributed by atoms with Crippen molar-refractivity contribution in [2.45, 2.75) is 19.4 Å². The molecule has 0 amide bonds. The molecule has 1 unspecified atom stereocenters. The quantitative estimate of drug-likeness (QED) is 0.688. The molecule has 0 aliphatic heterocycles. The molecule has 0 saturated carbocycles. The Labute approximate surface area is 159 Å². The first-order valence-corrected chi connectivity index (χ1v) is 8.55. The number of pyridine rings is 1. The van der Waals surface area contributed by atoms with E-state index in [1.54, 1.807) is 31.3 Å². The first-order valence-electron chi connectivity index (χ1n) is 8.18. The summed E-state index contributed by atoms with van der Waals surface area (Å²) < 4.78 is 12.0. The molecule has 1 aromatic carbocycles. The summed E-state index contributed by atoms with van der Waals surface area (Å²) in [5.74, 6) is -0.235. The molecule has 0 aliphatic carbocycles. The van der Waals surface area contributed by atoms with Crippen LogP contribution < -0.4 is 10.3 Å². The first kappa shape index (κ1) is 18.7. The lowest BCUT2D eigenvalue weighted by Crippen LogP contribution is -2.29. The summed E-state index contributed by atoms with van der Waals surface area (Å²) >= 11 is 6.16. The standard InChI is InChI=1S/C19H17ClN2O5/c1-3-15(19(24)25)22-9-17(26-2)14(7-18(22)23)13-6-11(20)4-5-12(13)16-8-21-10-27-16/h4-10,15H,3H2,1-2H3,(H,24,25). The summed E-state index contributed by atoms with van der Waals surface area (Å²) in [5, 5.41) is 9.84. The van der Waals surface area contributed by atoms with Crippen LogP contribution >= 0.6 is 11.6 Å². The van der Waals surface area contributed by atoms with E-state index in [0.717, 1.165) is 4.57 Å². The van der Waals surface area contributed by atoms with Crippen molar-refractivity contribution in [2.24, 2.45) is 0 Å². The van der Waals surface area contributed by atoms with Crippen LogP contribution in [0.1, 0.15) is 19.4 Å². The zero-order chi connectivity index (χ0) is 19.6. The van der Waals surface area contributed by atoms with Gasteiger partial charge in [-0.25, -0.2) is 9.78 Å². The zero-order valence-corrected chi connectivity index (χ0v) is 15.4. The minimum Gasteiger partial charge on any atom is -0.495 e. The van der Waals surface area contributed by atoms with Gasteiger partial charge in [0.15, 0.2) is 12.2 Å². The molecule has 0 aliphatic rings. The van der Waals surface area contributed by atoms with Crippen LogP contribution in [0, 0.1) is 0 Å². The molecular formula is C19H17ClN2O5. The Balaban J connectivity index is 2.24.